The lowest BCUT2D eigenvalue weighted by atomic mass is 10.2. The third kappa shape index (κ3) is 3.09. The number of imidazole rings is 1. The van der Waals surface area contributed by atoms with Crippen molar-refractivity contribution in [2.75, 3.05) is 0 Å². The van der Waals surface area contributed by atoms with E-state index in [4.69, 9.17) is 16.7 Å². The minimum absolute atomic E-state index is 0.00169. The molecule has 2 aromatic rings. The number of aliphatic hydroxyl groups excluding tert-OH is 1. The summed E-state index contributed by atoms with van der Waals surface area (Å²) in [4.78, 5) is 4.26. The second-order valence-electron chi connectivity index (χ2n) is 3.77. The third-order valence-electron chi connectivity index (χ3n) is 2.57. The van der Waals surface area contributed by atoms with Crippen molar-refractivity contribution in [3.05, 3.63) is 45.1 Å². The van der Waals surface area contributed by atoms with Crippen LogP contribution >= 0.6 is 39.3 Å². The predicted molar refractivity (Wildman–Crippen MR) is 77.8 cm³/mol. The lowest BCUT2D eigenvalue weighted by molar-refractivity contribution is 0.271. The molecule has 1 aromatic heterocycles. The van der Waals surface area contributed by atoms with Gasteiger partial charge >= 0.3 is 0 Å². The molecule has 3 nitrogen and oxygen atoms in total. The molecule has 0 aliphatic carbocycles. The summed E-state index contributed by atoms with van der Waals surface area (Å²) in [6.45, 7) is 0.00169. The number of halogens is 2. The molecule has 0 saturated carbocycles. The number of benzene rings is 1. The van der Waals surface area contributed by atoms with Crippen molar-refractivity contribution < 1.29 is 5.11 Å². The third-order valence-corrected chi connectivity index (χ3v) is 4.52. The first-order valence-corrected chi connectivity index (χ1v) is 7.45. The van der Waals surface area contributed by atoms with Gasteiger partial charge in [0.15, 0.2) is 5.16 Å². The number of nitrogens with zero attached hydrogens (tertiary/aromatic N) is 2. The second kappa shape index (κ2) is 6.10. The first-order valence-electron chi connectivity index (χ1n) is 5.30. The van der Waals surface area contributed by atoms with Crippen LogP contribution in [-0.2, 0) is 19.4 Å². The standard InChI is InChI=1S/C12H12BrClN2OS/c1-16-10(6-17)5-15-12(16)18-7-8-4-9(13)2-3-11(8)14/h2-5,17H,6-7H2,1H3. The normalized spacial score (nSPS) is 10.9. The van der Waals surface area contributed by atoms with Crippen LogP contribution in [0.15, 0.2) is 34.0 Å². The molecule has 0 spiro atoms. The molecule has 1 aromatic carbocycles. The monoisotopic (exact) mass is 346 g/mol. The molecule has 0 unspecified atom stereocenters. The largest absolute Gasteiger partial charge is 0.390 e. The fourth-order valence-corrected chi connectivity index (χ4v) is 3.14. The van der Waals surface area contributed by atoms with Gasteiger partial charge in [-0.1, -0.05) is 39.3 Å². The Morgan fingerprint density at radius 1 is 1.50 bits per heavy atom. The Morgan fingerprint density at radius 2 is 2.28 bits per heavy atom. The zero-order valence-corrected chi connectivity index (χ0v) is 12.9. The summed E-state index contributed by atoms with van der Waals surface area (Å²) in [5.74, 6) is 0.744. The lowest BCUT2D eigenvalue weighted by Crippen LogP contribution is -1.97. The van der Waals surface area contributed by atoms with E-state index in [9.17, 15) is 0 Å². The van der Waals surface area contributed by atoms with Gasteiger partial charge in [0.2, 0.25) is 0 Å². The summed E-state index contributed by atoms with van der Waals surface area (Å²) in [5, 5.41) is 10.7. The minimum Gasteiger partial charge on any atom is -0.390 e. The van der Waals surface area contributed by atoms with Gasteiger partial charge in [0, 0.05) is 22.3 Å². The molecule has 0 saturated heterocycles. The van der Waals surface area contributed by atoms with Crippen molar-refractivity contribution in [1.82, 2.24) is 9.55 Å². The zero-order valence-electron chi connectivity index (χ0n) is 9.73. The van der Waals surface area contributed by atoms with E-state index in [-0.39, 0.29) is 6.61 Å². The van der Waals surface area contributed by atoms with Crippen LogP contribution < -0.4 is 0 Å². The van der Waals surface area contributed by atoms with E-state index < -0.39 is 0 Å². The van der Waals surface area contributed by atoms with Gasteiger partial charge in [-0.05, 0) is 23.8 Å². The Bertz CT molecular complexity index is 559. The highest BCUT2D eigenvalue weighted by molar-refractivity contribution is 9.10. The highest BCUT2D eigenvalue weighted by atomic mass is 79.9. The van der Waals surface area contributed by atoms with Crippen molar-refractivity contribution in [2.45, 2.75) is 17.5 Å². The fraction of sp³-hybridized carbons (Fsp3) is 0.250. The molecule has 96 valence electrons. The van der Waals surface area contributed by atoms with E-state index in [1.807, 2.05) is 29.8 Å². The molecule has 1 heterocycles. The number of rotatable bonds is 4. The Hall–Kier alpha value is -0.490. The summed E-state index contributed by atoms with van der Waals surface area (Å²) >= 11 is 11.2. The summed E-state index contributed by atoms with van der Waals surface area (Å²) in [6.07, 6.45) is 1.69. The number of aromatic nitrogens is 2. The van der Waals surface area contributed by atoms with Crippen molar-refractivity contribution in [3.8, 4) is 0 Å². The van der Waals surface area contributed by atoms with E-state index in [1.165, 1.54) is 0 Å². The summed E-state index contributed by atoms with van der Waals surface area (Å²) < 4.78 is 2.90. The number of hydrogen-bond acceptors (Lipinski definition) is 3. The molecule has 18 heavy (non-hydrogen) atoms. The molecule has 0 bridgehead atoms. The van der Waals surface area contributed by atoms with Crippen LogP contribution in [0, 0.1) is 0 Å². The van der Waals surface area contributed by atoms with Crippen LogP contribution in [0.4, 0.5) is 0 Å². The first-order chi connectivity index (χ1) is 8.61. The van der Waals surface area contributed by atoms with Crippen LogP contribution in [0.2, 0.25) is 5.02 Å². The van der Waals surface area contributed by atoms with Crippen LogP contribution in [0.5, 0.6) is 0 Å². The fourth-order valence-electron chi connectivity index (χ4n) is 1.50. The SMILES string of the molecule is Cn1c(CO)cnc1SCc1cc(Br)ccc1Cl. The molecule has 0 aliphatic heterocycles. The van der Waals surface area contributed by atoms with Crippen LogP contribution in [0.1, 0.15) is 11.3 Å². The van der Waals surface area contributed by atoms with Crippen molar-refractivity contribution in [3.63, 3.8) is 0 Å². The van der Waals surface area contributed by atoms with Crippen molar-refractivity contribution in [1.29, 1.82) is 0 Å². The molecule has 2 rings (SSSR count). The van der Waals surface area contributed by atoms with Gasteiger partial charge in [-0.3, -0.25) is 0 Å². The molecule has 6 heteroatoms. The summed E-state index contributed by atoms with van der Waals surface area (Å²) in [5.41, 5.74) is 1.86. The Labute approximate surface area is 123 Å². The molecule has 0 radical (unpaired) electrons. The smallest absolute Gasteiger partial charge is 0.168 e. The van der Waals surface area contributed by atoms with E-state index in [0.29, 0.717) is 0 Å². The van der Waals surface area contributed by atoms with Crippen LogP contribution in [0.25, 0.3) is 0 Å². The maximum Gasteiger partial charge on any atom is 0.168 e. The van der Waals surface area contributed by atoms with Gasteiger partial charge in [-0.2, -0.15) is 0 Å². The topological polar surface area (TPSA) is 38.0 Å². The zero-order chi connectivity index (χ0) is 13.1. The van der Waals surface area contributed by atoms with E-state index in [1.54, 1.807) is 18.0 Å². The van der Waals surface area contributed by atoms with Gasteiger partial charge in [0.1, 0.15) is 0 Å². The summed E-state index contributed by atoms with van der Waals surface area (Å²) in [6, 6.07) is 5.80. The second-order valence-corrected chi connectivity index (χ2v) is 6.04. The Morgan fingerprint density at radius 3 is 2.94 bits per heavy atom. The molecule has 0 atom stereocenters. The highest BCUT2D eigenvalue weighted by Crippen LogP contribution is 2.28. The van der Waals surface area contributed by atoms with Gasteiger partial charge in [0.25, 0.3) is 0 Å². The van der Waals surface area contributed by atoms with Crippen molar-refractivity contribution >= 4 is 39.3 Å². The average molecular weight is 348 g/mol. The molecule has 0 fully saturated rings. The first kappa shape index (κ1) is 13.9. The number of thioether (sulfide) groups is 1. The van der Waals surface area contributed by atoms with Gasteiger partial charge in [0.05, 0.1) is 18.5 Å². The maximum absolute atomic E-state index is 9.10. The molecule has 1 N–H and O–H groups in total. The van der Waals surface area contributed by atoms with E-state index in [0.717, 1.165) is 31.7 Å². The summed E-state index contributed by atoms with van der Waals surface area (Å²) in [7, 11) is 1.89. The maximum atomic E-state index is 9.10. The molecular formula is C12H12BrClN2OS. The average Bonchev–Trinajstić information content (AvgIpc) is 2.71. The molecular weight excluding hydrogens is 336 g/mol. The number of hydrogen-bond donors (Lipinski definition) is 1. The van der Waals surface area contributed by atoms with Gasteiger partial charge in [-0.25, -0.2) is 4.98 Å². The van der Waals surface area contributed by atoms with Crippen LogP contribution in [-0.4, -0.2) is 14.7 Å². The Balaban J connectivity index is 2.11. The van der Waals surface area contributed by atoms with Crippen LogP contribution in [0.3, 0.4) is 0 Å². The van der Waals surface area contributed by atoms with E-state index in [2.05, 4.69) is 20.9 Å². The molecule has 0 aliphatic rings. The van der Waals surface area contributed by atoms with Gasteiger partial charge in [-0.15, -0.1) is 0 Å². The lowest BCUT2D eigenvalue weighted by Gasteiger charge is -2.06. The van der Waals surface area contributed by atoms with Gasteiger partial charge < -0.3 is 9.67 Å². The highest BCUT2D eigenvalue weighted by Gasteiger charge is 2.08. The number of aliphatic hydroxyl groups is 1. The quantitative estimate of drug-likeness (QED) is 0.858. The molecule has 0 amide bonds. The minimum atomic E-state index is 0.00169. The Kier molecular flexibility index (Phi) is 4.72. The van der Waals surface area contributed by atoms with Crippen molar-refractivity contribution in [2.24, 2.45) is 7.05 Å². The van der Waals surface area contributed by atoms with E-state index >= 15 is 0 Å². The predicted octanol–water partition coefficient (Wildman–Crippen LogP) is 3.62.